The van der Waals surface area contributed by atoms with Crippen molar-refractivity contribution in [1.29, 1.82) is 0 Å². The number of aliphatic carboxylic acids is 1. The van der Waals surface area contributed by atoms with Crippen molar-refractivity contribution in [3.05, 3.63) is 35.4 Å². The summed E-state index contributed by atoms with van der Waals surface area (Å²) in [6.45, 7) is 7.32. The van der Waals surface area contributed by atoms with Gasteiger partial charge in [0.15, 0.2) is 0 Å². The first kappa shape index (κ1) is 23.1. The number of nitrogens with zero attached hydrogens (tertiary/aromatic N) is 1. The summed E-state index contributed by atoms with van der Waals surface area (Å²) in [4.78, 5) is 51.9. The van der Waals surface area contributed by atoms with Crippen LogP contribution in [0.2, 0.25) is 0 Å². The van der Waals surface area contributed by atoms with Gasteiger partial charge in [0.1, 0.15) is 23.5 Å². The molecule has 2 aliphatic rings. The monoisotopic (exact) mass is 447 g/mol. The van der Waals surface area contributed by atoms with Crippen LogP contribution in [0.4, 0.5) is 0 Å². The number of nitrogens with one attached hydrogen (secondary N) is 2. The molecule has 0 saturated carbocycles. The van der Waals surface area contributed by atoms with Crippen LogP contribution in [0.15, 0.2) is 24.3 Å². The molecular formula is C22H29N3O5S. The molecule has 0 aromatic heterocycles. The van der Waals surface area contributed by atoms with Gasteiger partial charge in [0.25, 0.3) is 5.91 Å². The number of hydrogen-bond donors (Lipinski definition) is 3. The van der Waals surface area contributed by atoms with Crippen LogP contribution in [0.5, 0.6) is 0 Å². The van der Waals surface area contributed by atoms with Gasteiger partial charge in [-0.2, -0.15) is 0 Å². The lowest BCUT2D eigenvalue weighted by atomic mass is 10.00. The molecule has 2 heterocycles. The Balaban J connectivity index is 1.71. The summed E-state index contributed by atoms with van der Waals surface area (Å²) in [5.74, 6) is -1.95. The van der Waals surface area contributed by atoms with Crippen LogP contribution in [0.1, 0.15) is 55.4 Å². The highest BCUT2D eigenvalue weighted by Gasteiger charge is 2.48. The maximum Gasteiger partial charge on any atom is 0.326 e. The van der Waals surface area contributed by atoms with Crippen LogP contribution in [-0.2, 0) is 14.4 Å². The van der Waals surface area contributed by atoms with Crippen LogP contribution in [0.25, 0.3) is 0 Å². The molecule has 1 aromatic carbocycles. The van der Waals surface area contributed by atoms with Gasteiger partial charge in [-0.05, 0) is 29.9 Å². The molecule has 4 unspecified atom stereocenters. The standard InChI is InChI=1S/C22H29N3O5S/c1-11(2)9-15(22(29)30)23-19(27)17(12(3)4)24-18(26)16-10-31-21-14-8-6-5-7-13(14)20(28)25(16)21/h5-8,11-12,15-17,21H,9-10H2,1-4H3,(H,23,27)(H,24,26)(H,29,30). The van der Waals surface area contributed by atoms with Crippen molar-refractivity contribution < 1.29 is 24.3 Å². The van der Waals surface area contributed by atoms with E-state index in [1.807, 2.05) is 26.0 Å². The molecule has 168 valence electrons. The Bertz CT molecular complexity index is 888. The zero-order valence-corrected chi connectivity index (χ0v) is 18.9. The lowest BCUT2D eigenvalue weighted by Gasteiger charge is -2.28. The normalized spacial score (nSPS) is 21.6. The van der Waals surface area contributed by atoms with E-state index in [4.69, 9.17) is 0 Å². The van der Waals surface area contributed by atoms with E-state index in [2.05, 4.69) is 10.6 Å². The van der Waals surface area contributed by atoms with Crippen LogP contribution in [0, 0.1) is 11.8 Å². The first-order chi connectivity index (χ1) is 14.6. The third-order valence-corrected chi connectivity index (χ3v) is 6.87. The summed E-state index contributed by atoms with van der Waals surface area (Å²) in [6.07, 6.45) is 0.293. The summed E-state index contributed by atoms with van der Waals surface area (Å²) in [6, 6.07) is 4.73. The van der Waals surface area contributed by atoms with Gasteiger partial charge in [0.2, 0.25) is 11.8 Å². The number of amides is 3. The zero-order chi connectivity index (χ0) is 22.9. The summed E-state index contributed by atoms with van der Waals surface area (Å²) < 4.78 is 0. The maximum absolute atomic E-state index is 13.1. The predicted octanol–water partition coefficient (Wildman–Crippen LogP) is 2.01. The van der Waals surface area contributed by atoms with Gasteiger partial charge in [-0.1, -0.05) is 45.9 Å². The number of carbonyl (C=O) groups excluding carboxylic acids is 3. The second-order valence-electron chi connectivity index (χ2n) is 8.76. The Kier molecular flexibility index (Phi) is 6.93. The molecule has 3 rings (SSSR count). The van der Waals surface area contributed by atoms with Gasteiger partial charge in [0, 0.05) is 11.3 Å². The van der Waals surface area contributed by atoms with E-state index in [9.17, 15) is 24.3 Å². The number of fused-ring (bicyclic) bond motifs is 3. The molecule has 8 nitrogen and oxygen atoms in total. The molecule has 31 heavy (non-hydrogen) atoms. The number of benzene rings is 1. The summed E-state index contributed by atoms with van der Waals surface area (Å²) in [5.41, 5.74) is 1.51. The predicted molar refractivity (Wildman–Crippen MR) is 117 cm³/mol. The van der Waals surface area contributed by atoms with E-state index < -0.39 is 35.9 Å². The number of hydrogen-bond acceptors (Lipinski definition) is 5. The Morgan fingerprint density at radius 3 is 2.45 bits per heavy atom. The molecule has 0 bridgehead atoms. The molecule has 0 aliphatic carbocycles. The molecule has 9 heteroatoms. The molecule has 1 aromatic rings. The van der Waals surface area contributed by atoms with E-state index in [-0.39, 0.29) is 23.1 Å². The van der Waals surface area contributed by atoms with E-state index in [0.717, 1.165) is 5.56 Å². The molecule has 3 amide bonds. The Labute approximate surface area is 186 Å². The number of carbonyl (C=O) groups is 4. The largest absolute Gasteiger partial charge is 0.480 e. The average molecular weight is 448 g/mol. The van der Waals surface area contributed by atoms with Gasteiger partial charge in [-0.15, -0.1) is 11.8 Å². The van der Waals surface area contributed by atoms with Crippen molar-refractivity contribution >= 4 is 35.5 Å². The Hall–Kier alpha value is -2.55. The van der Waals surface area contributed by atoms with Crippen LogP contribution in [-0.4, -0.2) is 57.6 Å². The molecule has 1 fully saturated rings. The molecular weight excluding hydrogens is 418 g/mol. The second-order valence-corrected chi connectivity index (χ2v) is 9.87. The molecule has 0 spiro atoms. The second kappa shape index (κ2) is 9.30. The van der Waals surface area contributed by atoms with Gasteiger partial charge < -0.3 is 20.6 Å². The zero-order valence-electron chi connectivity index (χ0n) is 18.1. The highest BCUT2D eigenvalue weighted by atomic mass is 32.2. The number of carboxylic acids is 1. The molecule has 3 N–H and O–H groups in total. The van der Waals surface area contributed by atoms with Gasteiger partial charge in [-0.25, -0.2) is 4.79 Å². The van der Waals surface area contributed by atoms with Crippen LogP contribution >= 0.6 is 11.8 Å². The third-order valence-electron chi connectivity index (χ3n) is 5.56. The first-order valence-corrected chi connectivity index (χ1v) is 11.5. The number of carboxylic acid groups (broad SMARTS) is 1. The van der Waals surface area contributed by atoms with Crippen LogP contribution in [0.3, 0.4) is 0 Å². The van der Waals surface area contributed by atoms with Crippen molar-refractivity contribution in [2.24, 2.45) is 11.8 Å². The minimum atomic E-state index is -1.11. The summed E-state index contributed by atoms with van der Waals surface area (Å²) in [7, 11) is 0. The van der Waals surface area contributed by atoms with E-state index in [1.54, 1.807) is 30.9 Å². The smallest absolute Gasteiger partial charge is 0.326 e. The van der Waals surface area contributed by atoms with Gasteiger partial charge in [-0.3, -0.25) is 14.4 Å². The first-order valence-electron chi connectivity index (χ1n) is 10.5. The summed E-state index contributed by atoms with van der Waals surface area (Å²) in [5, 5.41) is 14.5. The van der Waals surface area contributed by atoms with E-state index >= 15 is 0 Å². The minimum absolute atomic E-state index is 0.0868. The quantitative estimate of drug-likeness (QED) is 0.561. The van der Waals surface area contributed by atoms with Gasteiger partial charge in [0.05, 0.1) is 0 Å². The Morgan fingerprint density at radius 1 is 1.16 bits per heavy atom. The van der Waals surface area contributed by atoms with Crippen molar-refractivity contribution in [1.82, 2.24) is 15.5 Å². The Morgan fingerprint density at radius 2 is 1.84 bits per heavy atom. The van der Waals surface area contributed by atoms with E-state index in [0.29, 0.717) is 17.7 Å². The number of rotatable bonds is 8. The molecule has 4 atom stereocenters. The van der Waals surface area contributed by atoms with Crippen molar-refractivity contribution in [3.63, 3.8) is 0 Å². The fourth-order valence-corrected chi connectivity index (χ4v) is 5.45. The lowest BCUT2D eigenvalue weighted by Crippen LogP contribution is -2.57. The van der Waals surface area contributed by atoms with E-state index in [1.165, 1.54) is 11.8 Å². The summed E-state index contributed by atoms with van der Waals surface area (Å²) >= 11 is 1.53. The van der Waals surface area contributed by atoms with Gasteiger partial charge >= 0.3 is 5.97 Å². The SMILES string of the molecule is CC(C)CC(NC(=O)C(NC(=O)C1CSC2c3ccccc3C(=O)N12)C(C)C)C(=O)O. The molecule has 2 aliphatic heterocycles. The highest BCUT2D eigenvalue weighted by Crippen LogP contribution is 2.48. The lowest BCUT2D eigenvalue weighted by molar-refractivity contribution is -0.143. The molecule has 1 saturated heterocycles. The van der Waals surface area contributed by atoms with Crippen LogP contribution < -0.4 is 10.6 Å². The fourth-order valence-electron chi connectivity index (χ4n) is 3.98. The van der Waals surface area contributed by atoms with Crippen molar-refractivity contribution in [2.75, 3.05) is 5.75 Å². The number of thioether (sulfide) groups is 1. The highest BCUT2D eigenvalue weighted by molar-refractivity contribution is 7.99. The topological polar surface area (TPSA) is 116 Å². The fraction of sp³-hybridized carbons (Fsp3) is 0.545. The average Bonchev–Trinajstić information content (AvgIpc) is 3.25. The molecule has 0 radical (unpaired) electrons. The van der Waals surface area contributed by atoms with Crippen molar-refractivity contribution in [2.45, 2.75) is 57.6 Å². The van der Waals surface area contributed by atoms with Crippen molar-refractivity contribution in [3.8, 4) is 0 Å². The maximum atomic E-state index is 13.1. The third kappa shape index (κ3) is 4.71. The minimum Gasteiger partial charge on any atom is -0.480 e.